The first-order valence-corrected chi connectivity index (χ1v) is 6.86. The maximum absolute atomic E-state index is 13.3. The van der Waals surface area contributed by atoms with Crippen LogP contribution in [0.2, 0.25) is 0 Å². The number of nitrogens with one attached hydrogen (secondary N) is 3. The fourth-order valence-corrected chi connectivity index (χ4v) is 2.32. The molecule has 1 aromatic carbocycles. The molecule has 1 unspecified atom stereocenters. The Bertz CT molecular complexity index is 462. The number of rotatable bonds is 4. The van der Waals surface area contributed by atoms with E-state index in [-0.39, 0.29) is 5.69 Å². The number of carbonyl (C=O) groups is 1. The summed E-state index contributed by atoms with van der Waals surface area (Å²) in [6.07, 6.45) is 3.23. The van der Waals surface area contributed by atoms with Crippen LogP contribution in [0.15, 0.2) is 18.2 Å². The number of benzene rings is 1. The highest BCUT2D eigenvalue weighted by Crippen LogP contribution is 2.15. The summed E-state index contributed by atoms with van der Waals surface area (Å²) in [4.78, 5) is 11.6. The van der Waals surface area contributed by atoms with E-state index in [1.165, 1.54) is 12.5 Å². The lowest BCUT2D eigenvalue weighted by Crippen LogP contribution is -2.34. The minimum Gasteiger partial charge on any atom is -0.338 e. The van der Waals surface area contributed by atoms with E-state index in [0.717, 1.165) is 38.1 Å². The molecule has 1 saturated heterocycles. The fraction of sp³-hybridized carbons (Fsp3) is 0.500. The summed E-state index contributed by atoms with van der Waals surface area (Å²) in [5.41, 5.74) is -0.0248. The number of piperidine rings is 1. The second kappa shape index (κ2) is 7.19. The van der Waals surface area contributed by atoms with Crippen molar-refractivity contribution in [3.63, 3.8) is 0 Å². The highest BCUT2D eigenvalue weighted by atomic mass is 19.1. The quantitative estimate of drug-likeness (QED) is 0.795. The average molecular weight is 283 g/mol. The molecular formula is C14H19F2N3O. The largest absolute Gasteiger partial charge is 0.338 e. The van der Waals surface area contributed by atoms with Gasteiger partial charge in [0.1, 0.15) is 11.6 Å². The molecule has 2 rings (SSSR count). The minimum atomic E-state index is -0.781. The number of urea groups is 1. The molecule has 6 heteroatoms. The second-order valence-electron chi connectivity index (χ2n) is 5.01. The lowest BCUT2D eigenvalue weighted by atomic mass is 9.96. The molecule has 1 aliphatic rings. The standard InChI is InChI=1S/C14H19F2N3O/c15-11-3-4-13(12(16)8-11)19-14(20)18-7-5-10-2-1-6-17-9-10/h3-4,8,10,17H,1-2,5-7,9H2,(H2,18,19,20). The third-order valence-corrected chi connectivity index (χ3v) is 3.42. The lowest BCUT2D eigenvalue weighted by Gasteiger charge is -2.22. The Balaban J connectivity index is 1.72. The smallest absolute Gasteiger partial charge is 0.319 e. The van der Waals surface area contributed by atoms with Gasteiger partial charge in [-0.05, 0) is 50.4 Å². The summed E-state index contributed by atoms with van der Waals surface area (Å²) < 4.78 is 26.1. The molecule has 1 aromatic rings. The zero-order valence-corrected chi connectivity index (χ0v) is 11.2. The first-order valence-electron chi connectivity index (χ1n) is 6.86. The van der Waals surface area contributed by atoms with Crippen molar-refractivity contribution in [3.8, 4) is 0 Å². The molecule has 20 heavy (non-hydrogen) atoms. The lowest BCUT2D eigenvalue weighted by molar-refractivity contribution is 0.250. The van der Waals surface area contributed by atoms with Crippen molar-refractivity contribution in [2.75, 3.05) is 25.0 Å². The summed E-state index contributed by atoms with van der Waals surface area (Å²) in [6, 6.07) is 2.57. The van der Waals surface area contributed by atoms with Gasteiger partial charge in [0.15, 0.2) is 0 Å². The molecule has 1 heterocycles. The Morgan fingerprint density at radius 3 is 2.95 bits per heavy atom. The van der Waals surface area contributed by atoms with Gasteiger partial charge >= 0.3 is 6.03 Å². The molecule has 0 bridgehead atoms. The fourth-order valence-electron chi connectivity index (χ4n) is 2.32. The first kappa shape index (κ1) is 14.7. The average Bonchev–Trinajstić information content (AvgIpc) is 2.43. The Morgan fingerprint density at radius 2 is 2.25 bits per heavy atom. The monoisotopic (exact) mass is 283 g/mol. The molecule has 110 valence electrons. The normalized spacial score (nSPS) is 18.6. The number of hydrogen-bond acceptors (Lipinski definition) is 2. The molecule has 1 fully saturated rings. The van der Waals surface area contributed by atoms with Crippen LogP contribution < -0.4 is 16.0 Å². The van der Waals surface area contributed by atoms with Gasteiger partial charge in [0.25, 0.3) is 0 Å². The maximum Gasteiger partial charge on any atom is 0.319 e. The van der Waals surface area contributed by atoms with Gasteiger partial charge in [-0.1, -0.05) is 0 Å². The van der Waals surface area contributed by atoms with Gasteiger partial charge in [-0.3, -0.25) is 0 Å². The summed E-state index contributed by atoms with van der Waals surface area (Å²) in [6.45, 7) is 2.59. The van der Waals surface area contributed by atoms with Crippen LogP contribution in [-0.2, 0) is 0 Å². The van der Waals surface area contributed by atoms with Crippen molar-refractivity contribution in [1.29, 1.82) is 0 Å². The number of anilines is 1. The van der Waals surface area contributed by atoms with E-state index in [1.807, 2.05) is 0 Å². The molecule has 4 nitrogen and oxygen atoms in total. The highest BCUT2D eigenvalue weighted by molar-refractivity contribution is 5.89. The summed E-state index contributed by atoms with van der Waals surface area (Å²) >= 11 is 0. The summed E-state index contributed by atoms with van der Waals surface area (Å²) in [7, 11) is 0. The molecule has 1 aliphatic heterocycles. The van der Waals surface area contributed by atoms with Crippen LogP contribution in [0.1, 0.15) is 19.3 Å². The van der Waals surface area contributed by atoms with Gasteiger partial charge in [-0.25, -0.2) is 13.6 Å². The van der Waals surface area contributed by atoms with E-state index in [1.54, 1.807) is 0 Å². The highest BCUT2D eigenvalue weighted by Gasteiger charge is 2.13. The van der Waals surface area contributed by atoms with Crippen LogP contribution in [0.4, 0.5) is 19.3 Å². The number of hydrogen-bond donors (Lipinski definition) is 3. The van der Waals surface area contributed by atoms with Crippen molar-refractivity contribution in [1.82, 2.24) is 10.6 Å². The summed E-state index contributed by atoms with van der Waals surface area (Å²) in [5, 5.41) is 8.36. The van der Waals surface area contributed by atoms with Gasteiger partial charge < -0.3 is 16.0 Å². The van der Waals surface area contributed by atoms with Crippen molar-refractivity contribution in [2.24, 2.45) is 5.92 Å². The van der Waals surface area contributed by atoms with Crippen LogP contribution in [0.25, 0.3) is 0 Å². The number of halogens is 2. The Labute approximate surface area is 116 Å². The Kier molecular flexibility index (Phi) is 5.29. The van der Waals surface area contributed by atoms with E-state index in [9.17, 15) is 13.6 Å². The molecular weight excluding hydrogens is 264 g/mol. The van der Waals surface area contributed by atoms with E-state index < -0.39 is 17.7 Å². The third-order valence-electron chi connectivity index (χ3n) is 3.42. The van der Waals surface area contributed by atoms with Gasteiger partial charge in [-0.15, -0.1) is 0 Å². The topological polar surface area (TPSA) is 53.2 Å². The van der Waals surface area contributed by atoms with Crippen molar-refractivity contribution in [3.05, 3.63) is 29.8 Å². The first-order chi connectivity index (χ1) is 9.65. The summed E-state index contributed by atoms with van der Waals surface area (Å²) in [5.74, 6) is -0.874. The second-order valence-corrected chi connectivity index (χ2v) is 5.01. The van der Waals surface area contributed by atoms with Crippen LogP contribution in [0.3, 0.4) is 0 Å². The molecule has 0 saturated carbocycles. The molecule has 3 N–H and O–H groups in total. The zero-order valence-electron chi connectivity index (χ0n) is 11.2. The van der Waals surface area contributed by atoms with E-state index >= 15 is 0 Å². The van der Waals surface area contributed by atoms with Gasteiger partial charge in [0, 0.05) is 12.6 Å². The number of carbonyl (C=O) groups excluding carboxylic acids is 1. The predicted molar refractivity (Wildman–Crippen MR) is 73.6 cm³/mol. The maximum atomic E-state index is 13.3. The van der Waals surface area contributed by atoms with Crippen LogP contribution in [0, 0.1) is 17.6 Å². The van der Waals surface area contributed by atoms with Crippen molar-refractivity contribution in [2.45, 2.75) is 19.3 Å². The zero-order chi connectivity index (χ0) is 14.4. The van der Waals surface area contributed by atoms with Crippen LogP contribution in [0.5, 0.6) is 0 Å². The third kappa shape index (κ3) is 4.45. The van der Waals surface area contributed by atoms with E-state index in [4.69, 9.17) is 0 Å². The Hall–Kier alpha value is -1.69. The molecule has 0 spiro atoms. The van der Waals surface area contributed by atoms with Crippen LogP contribution in [-0.4, -0.2) is 25.7 Å². The van der Waals surface area contributed by atoms with Crippen molar-refractivity contribution >= 4 is 11.7 Å². The van der Waals surface area contributed by atoms with Gasteiger partial charge in [0.2, 0.25) is 0 Å². The van der Waals surface area contributed by atoms with E-state index in [0.29, 0.717) is 12.5 Å². The molecule has 1 atom stereocenters. The van der Waals surface area contributed by atoms with Crippen molar-refractivity contribution < 1.29 is 13.6 Å². The molecule has 0 aliphatic carbocycles. The number of amides is 2. The molecule has 0 aromatic heterocycles. The molecule has 0 radical (unpaired) electrons. The van der Waals surface area contributed by atoms with Gasteiger partial charge in [-0.2, -0.15) is 0 Å². The molecule has 2 amide bonds. The SMILES string of the molecule is O=C(NCCC1CCCNC1)Nc1ccc(F)cc1F. The predicted octanol–water partition coefficient (Wildman–Crippen LogP) is 2.48. The Morgan fingerprint density at radius 1 is 1.40 bits per heavy atom. The van der Waals surface area contributed by atoms with Crippen LogP contribution >= 0.6 is 0 Å². The van der Waals surface area contributed by atoms with Gasteiger partial charge in [0.05, 0.1) is 5.69 Å². The minimum absolute atomic E-state index is 0.0248. The van der Waals surface area contributed by atoms with E-state index in [2.05, 4.69) is 16.0 Å².